The molecule has 0 aromatic carbocycles. The van der Waals surface area contributed by atoms with E-state index in [0.717, 1.165) is 36.3 Å². The lowest BCUT2D eigenvalue weighted by atomic mass is 10.6. The molecule has 2 heterocycles. The first-order chi connectivity index (χ1) is 4.97. The molecule has 0 saturated heterocycles. The maximum absolute atomic E-state index is 4.30. The van der Waals surface area contributed by atoms with Gasteiger partial charge in [-0.05, 0) is 0 Å². The maximum Gasteiger partial charge on any atom is 0.153 e. The van der Waals surface area contributed by atoms with Crippen LogP contribution in [0.5, 0.6) is 0 Å². The summed E-state index contributed by atoms with van der Waals surface area (Å²) in [5.41, 5.74) is 0. The van der Waals surface area contributed by atoms with Gasteiger partial charge in [-0.15, -0.1) is 11.8 Å². The highest BCUT2D eigenvalue weighted by molar-refractivity contribution is 8.16. The highest BCUT2D eigenvalue weighted by Crippen LogP contribution is 2.12. The van der Waals surface area contributed by atoms with Gasteiger partial charge in [-0.25, -0.2) is 0 Å². The average molecular weight is 155 g/mol. The van der Waals surface area contributed by atoms with E-state index in [0.29, 0.717) is 0 Å². The van der Waals surface area contributed by atoms with Crippen molar-refractivity contribution in [2.75, 3.05) is 25.4 Å². The first kappa shape index (κ1) is 6.22. The summed E-state index contributed by atoms with van der Waals surface area (Å²) in [6.07, 6.45) is 0. The second kappa shape index (κ2) is 2.62. The number of hydrogen-bond donors (Lipinski definition) is 1. The number of amidine groups is 1. The fourth-order valence-corrected chi connectivity index (χ4v) is 1.85. The minimum atomic E-state index is 0.912. The van der Waals surface area contributed by atoms with E-state index < -0.39 is 0 Å². The van der Waals surface area contributed by atoms with Crippen molar-refractivity contribution in [1.29, 1.82) is 0 Å². The van der Waals surface area contributed by atoms with E-state index in [1.807, 2.05) is 0 Å². The van der Waals surface area contributed by atoms with Crippen LogP contribution in [0.1, 0.15) is 0 Å². The van der Waals surface area contributed by atoms with Gasteiger partial charge in [0.2, 0.25) is 0 Å². The van der Waals surface area contributed by atoms with Crippen molar-refractivity contribution < 1.29 is 0 Å². The lowest BCUT2D eigenvalue weighted by molar-refractivity contribution is 0.962. The third-order valence-electron chi connectivity index (χ3n) is 1.46. The zero-order valence-electron chi connectivity index (χ0n) is 5.63. The van der Waals surface area contributed by atoms with Crippen molar-refractivity contribution in [3.63, 3.8) is 0 Å². The lowest BCUT2D eigenvalue weighted by Crippen LogP contribution is -2.24. The van der Waals surface area contributed by atoms with Crippen molar-refractivity contribution >= 4 is 22.6 Å². The van der Waals surface area contributed by atoms with Crippen LogP contribution in [0, 0.1) is 0 Å². The van der Waals surface area contributed by atoms with Gasteiger partial charge in [0.05, 0.1) is 6.54 Å². The van der Waals surface area contributed by atoms with Crippen LogP contribution >= 0.6 is 11.8 Å². The van der Waals surface area contributed by atoms with Gasteiger partial charge in [-0.3, -0.25) is 9.98 Å². The summed E-state index contributed by atoms with van der Waals surface area (Å²) in [4.78, 5) is 8.58. The summed E-state index contributed by atoms with van der Waals surface area (Å²) < 4.78 is 0. The van der Waals surface area contributed by atoms with Gasteiger partial charge in [0.15, 0.2) is 5.84 Å². The molecule has 0 atom stereocenters. The Kier molecular flexibility index (Phi) is 1.63. The lowest BCUT2D eigenvalue weighted by Gasteiger charge is -1.97. The van der Waals surface area contributed by atoms with Crippen LogP contribution in [-0.4, -0.2) is 36.3 Å². The predicted molar refractivity (Wildman–Crippen MR) is 45.1 cm³/mol. The van der Waals surface area contributed by atoms with Crippen LogP contribution in [-0.2, 0) is 0 Å². The van der Waals surface area contributed by atoms with Crippen LogP contribution in [0.2, 0.25) is 0 Å². The molecular formula is C6H9N3S. The van der Waals surface area contributed by atoms with E-state index in [1.165, 1.54) is 0 Å². The summed E-state index contributed by atoms with van der Waals surface area (Å²) in [6.45, 7) is 2.85. The zero-order valence-corrected chi connectivity index (χ0v) is 6.45. The largest absolute Gasteiger partial charge is 0.366 e. The number of rotatable bonds is 1. The number of hydrogen-bond acceptors (Lipinski definition) is 4. The highest BCUT2D eigenvalue weighted by atomic mass is 32.2. The monoisotopic (exact) mass is 155 g/mol. The first-order valence-corrected chi connectivity index (χ1v) is 4.41. The normalized spacial score (nSPS) is 24.0. The van der Waals surface area contributed by atoms with Crippen molar-refractivity contribution in [3.8, 4) is 0 Å². The molecule has 0 unspecified atom stereocenters. The van der Waals surface area contributed by atoms with Gasteiger partial charge < -0.3 is 5.32 Å². The van der Waals surface area contributed by atoms with Crippen molar-refractivity contribution in [3.05, 3.63) is 0 Å². The fraction of sp³-hybridized carbons (Fsp3) is 0.667. The van der Waals surface area contributed by atoms with Crippen molar-refractivity contribution in [1.82, 2.24) is 5.32 Å². The minimum Gasteiger partial charge on any atom is -0.366 e. The molecule has 0 aromatic rings. The van der Waals surface area contributed by atoms with E-state index >= 15 is 0 Å². The Morgan fingerprint density at radius 3 is 2.90 bits per heavy atom. The molecule has 0 bridgehead atoms. The van der Waals surface area contributed by atoms with Gasteiger partial charge in [0, 0.05) is 18.8 Å². The summed E-state index contributed by atoms with van der Waals surface area (Å²) in [7, 11) is 0. The van der Waals surface area contributed by atoms with Crippen LogP contribution in [0.25, 0.3) is 0 Å². The molecule has 10 heavy (non-hydrogen) atoms. The van der Waals surface area contributed by atoms with Crippen LogP contribution < -0.4 is 5.32 Å². The van der Waals surface area contributed by atoms with Crippen LogP contribution in [0.15, 0.2) is 9.98 Å². The molecule has 2 rings (SSSR count). The molecule has 54 valence electrons. The molecule has 0 spiro atoms. The van der Waals surface area contributed by atoms with E-state index in [2.05, 4.69) is 15.3 Å². The molecule has 1 N–H and O–H groups in total. The third kappa shape index (κ3) is 1.03. The summed E-state index contributed by atoms with van der Waals surface area (Å²) in [5.74, 6) is 2.14. The third-order valence-corrected chi connectivity index (χ3v) is 2.44. The molecule has 2 aliphatic rings. The van der Waals surface area contributed by atoms with Gasteiger partial charge in [0.25, 0.3) is 0 Å². The van der Waals surface area contributed by atoms with E-state index in [1.54, 1.807) is 11.8 Å². The van der Waals surface area contributed by atoms with Crippen LogP contribution in [0.4, 0.5) is 0 Å². The van der Waals surface area contributed by atoms with E-state index in [9.17, 15) is 0 Å². The Labute approximate surface area is 64.0 Å². The molecule has 0 fully saturated rings. The van der Waals surface area contributed by atoms with Crippen molar-refractivity contribution in [2.24, 2.45) is 9.98 Å². The molecule has 2 aliphatic heterocycles. The molecule has 0 aliphatic carbocycles. The Balaban J connectivity index is 2.10. The quantitative estimate of drug-likeness (QED) is 0.584. The standard InChI is InChI=1S/C6H9N3S/c1-2-8-5(7-1)6-9-3-4-10-6/h1-4H2,(H,7,8). The molecule has 3 nitrogen and oxygen atoms in total. The average Bonchev–Trinajstić information content (AvgIpc) is 2.59. The van der Waals surface area contributed by atoms with E-state index in [-0.39, 0.29) is 0 Å². The second-order valence-electron chi connectivity index (χ2n) is 2.19. The topological polar surface area (TPSA) is 36.8 Å². The first-order valence-electron chi connectivity index (χ1n) is 3.43. The molecule has 0 aromatic heterocycles. The number of nitrogens with zero attached hydrogens (tertiary/aromatic N) is 2. The Hall–Kier alpha value is -0.510. The van der Waals surface area contributed by atoms with Gasteiger partial charge in [-0.1, -0.05) is 0 Å². The summed E-state index contributed by atoms with van der Waals surface area (Å²) in [6, 6.07) is 0. The minimum absolute atomic E-state index is 0.912. The van der Waals surface area contributed by atoms with Gasteiger partial charge in [0.1, 0.15) is 5.04 Å². The Morgan fingerprint density at radius 2 is 2.30 bits per heavy atom. The molecule has 0 saturated carbocycles. The summed E-state index contributed by atoms with van der Waals surface area (Å²) >= 11 is 1.80. The van der Waals surface area contributed by atoms with Gasteiger partial charge >= 0.3 is 0 Å². The zero-order chi connectivity index (χ0) is 6.81. The highest BCUT2D eigenvalue weighted by Gasteiger charge is 2.15. The maximum atomic E-state index is 4.30. The van der Waals surface area contributed by atoms with Gasteiger partial charge in [-0.2, -0.15) is 0 Å². The molecule has 4 heteroatoms. The number of thioether (sulfide) groups is 1. The molecule has 0 amide bonds. The SMILES string of the molecule is C1CNC(C2=NCCS2)=N1. The summed E-state index contributed by atoms with van der Waals surface area (Å²) in [5, 5.41) is 4.31. The Morgan fingerprint density at radius 1 is 1.30 bits per heavy atom. The smallest absolute Gasteiger partial charge is 0.153 e. The number of nitrogens with one attached hydrogen (secondary N) is 1. The van der Waals surface area contributed by atoms with Crippen LogP contribution in [0.3, 0.4) is 0 Å². The number of aliphatic imine (C=N–C) groups is 2. The van der Waals surface area contributed by atoms with E-state index in [4.69, 9.17) is 0 Å². The Bertz CT molecular complexity index is 175. The second-order valence-corrected chi connectivity index (χ2v) is 3.28. The molecule has 0 radical (unpaired) electrons. The molecular weight excluding hydrogens is 146 g/mol. The predicted octanol–water partition coefficient (Wildman–Crippen LogP) is 0.133. The fourth-order valence-electron chi connectivity index (χ4n) is 1.02. The van der Waals surface area contributed by atoms with Crippen molar-refractivity contribution in [2.45, 2.75) is 0 Å².